The average molecular weight is 290 g/mol. The molecule has 0 bridgehead atoms. The number of hydrogen-bond acceptors (Lipinski definition) is 5. The highest BCUT2D eigenvalue weighted by molar-refractivity contribution is 7.16. The van der Waals surface area contributed by atoms with Crippen molar-refractivity contribution in [3.63, 3.8) is 0 Å². The van der Waals surface area contributed by atoms with Crippen LogP contribution in [-0.4, -0.2) is 21.9 Å². The third-order valence-corrected chi connectivity index (χ3v) is 4.62. The fourth-order valence-corrected chi connectivity index (χ4v) is 3.13. The molecule has 1 amide bonds. The van der Waals surface area contributed by atoms with Crippen molar-refractivity contribution in [3.8, 4) is 0 Å². The van der Waals surface area contributed by atoms with E-state index in [-0.39, 0.29) is 11.7 Å². The van der Waals surface area contributed by atoms with E-state index in [1.165, 1.54) is 11.3 Å². The van der Waals surface area contributed by atoms with E-state index in [2.05, 4.69) is 15.5 Å². The van der Waals surface area contributed by atoms with Crippen molar-refractivity contribution in [1.82, 2.24) is 4.98 Å². The van der Waals surface area contributed by atoms with Crippen LogP contribution >= 0.6 is 11.3 Å². The molecule has 0 aliphatic heterocycles. The minimum absolute atomic E-state index is 0.0138. The molecule has 104 valence electrons. The predicted octanol–water partition coefficient (Wildman–Crippen LogP) is 2.15. The number of nitrogens with one attached hydrogen (secondary N) is 1. The molecular weight excluding hydrogens is 276 g/mol. The van der Waals surface area contributed by atoms with Crippen LogP contribution in [-0.2, 0) is 4.79 Å². The molecule has 1 aliphatic rings. The number of carbonyl (C=O) groups excluding carboxylic acids is 1. The summed E-state index contributed by atoms with van der Waals surface area (Å²) in [5.41, 5.74) is 8.18. The maximum atomic E-state index is 12.4. The summed E-state index contributed by atoms with van der Waals surface area (Å²) < 4.78 is 1.01. The number of aromatic nitrogens is 1. The van der Waals surface area contributed by atoms with Crippen molar-refractivity contribution in [1.29, 1.82) is 0 Å². The van der Waals surface area contributed by atoms with Crippen LogP contribution in [0.5, 0.6) is 0 Å². The van der Waals surface area contributed by atoms with Gasteiger partial charge in [-0.25, -0.2) is 4.98 Å². The van der Waals surface area contributed by atoms with Gasteiger partial charge in [0.1, 0.15) is 5.41 Å². The van der Waals surface area contributed by atoms with Gasteiger partial charge in [-0.2, -0.15) is 0 Å². The van der Waals surface area contributed by atoms with E-state index in [4.69, 9.17) is 10.9 Å². The SMILES string of the molecule is N/C(=N/O)C1(C(=O)Nc2ccc3ncsc3c2)CCC1. The van der Waals surface area contributed by atoms with Crippen molar-refractivity contribution in [2.45, 2.75) is 19.3 Å². The molecule has 1 aliphatic carbocycles. The number of oxime groups is 1. The van der Waals surface area contributed by atoms with E-state index in [1.807, 2.05) is 12.1 Å². The second-order valence-corrected chi connectivity index (χ2v) is 5.80. The Morgan fingerprint density at radius 1 is 1.50 bits per heavy atom. The summed E-state index contributed by atoms with van der Waals surface area (Å²) in [6, 6.07) is 5.54. The van der Waals surface area contributed by atoms with Gasteiger partial charge in [0, 0.05) is 5.69 Å². The second kappa shape index (κ2) is 4.75. The van der Waals surface area contributed by atoms with Crippen LogP contribution in [0.25, 0.3) is 10.2 Å². The Hall–Kier alpha value is -2.15. The highest BCUT2D eigenvalue weighted by atomic mass is 32.1. The Bertz CT molecular complexity index is 690. The lowest BCUT2D eigenvalue weighted by Crippen LogP contribution is -2.51. The smallest absolute Gasteiger partial charge is 0.238 e. The Labute approximate surface area is 119 Å². The van der Waals surface area contributed by atoms with E-state index >= 15 is 0 Å². The van der Waals surface area contributed by atoms with Gasteiger partial charge < -0.3 is 16.3 Å². The Kier molecular flexibility index (Phi) is 3.06. The molecule has 1 aromatic heterocycles. The topological polar surface area (TPSA) is 101 Å². The lowest BCUT2D eigenvalue weighted by molar-refractivity contribution is -0.125. The quantitative estimate of drug-likeness (QED) is 0.349. The molecule has 1 heterocycles. The number of carbonyl (C=O) groups is 1. The molecule has 7 heteroatoms. The number of nitrogens with zero attached hydrogens (tertiary/aromatic N) is 2. The molecule has 0 atom stereocenters. The summed E-state index contributed by atoms with van der Waals surface area (Å²) in [5.74, 6) is -0.233. The van der Waals surface area contributed by atoms with E-state index in [0.717, 1.165) is 16.6 Å². The minimum atomic E-state index is -0.864. The monoisotopic (exact) mass is 290 g/mol. The second-order valence-electron chi connectivity index (χ2n) is 4.91. The maximum absolute atomic E-state index is 12.4. The van der Waals surface area contributed by atoms with Crippen LogP contribution in [0.15, 0.2) is 28.9 Å². The lowest BCUT2D eigenvalue weighted by atomic mass is 9.67. The first-order chi connectivity index (χ1) is 9.65. The normalized spacial score (nSPS) is 17.7. The van der Waals surface area contributed by atoms with Gasteiger partial charge in [-0.15, -0.1) is 11.3 Å². The molecule has 4 N–H and O–H groups in total. The average Bonchev–Trinajstić information content (AvgIpc) is 2.84. The summed E-state index contributed by atoms with van der Waals surface area (Å²) >= 11 is 1.52. The molecule has 1 fully saturated rings. The third kappa shape index (κ3) is 1.90. The van der Waals surface area contributed by atoms with Crippen LogP contribution in [0, 0.1) is 5.41 Å². The number of nitrogens with two attached hydrogens (primary N) is 1. The zero-order valence-electron chi connectivity index (χ0n) is 10.7. The third-order valence-electron chi connectivity index (χ3n) is 3.83. The van der Waals surface area contributed by atoms with Gasteiger partial charge in [0.05, 0.1) is 15.7 Å². The summed E-state index contributed by atoms with van der Waals surface area (Å²) in [7, 11) is 0. The van der Waals surface area contributed by atoms with E-state index in [0.29, 0.717) is 18.5 Å². The van der Waals surface area contributed by atoms with Crippen LogP contribution in [0.4, 0.5) is 5.69 Å². The summed E-state index contributed by atoms with van der Waals surface area (Å²) in [4.78, 5) is 16.6. The zero-order chi connectivity index (χ0) is 14.2. The van der Waals surface area contributed by atoms with Gasteiger partial charge in [-0.3, -0.25) is 4.79 Å². The van der Waals surface area contributed by atoms with E-state index in [9.17, 15) is 4.79 Å². The van der Waals surface area contributed by atoms with Crippen molar-refractivity contribution in [3.05, 3.63) is 23.7 Å². The van der Waals surface area contributed by atoms with Crippen LogP contribution in [0.3, 0.4) is 0 Å². The van der Waals surface area contributed by atoms with Gasteiger partial charge >= 0.3 is 0 Å². The lowest BCUT2D eigenvalue weighted by Gasteiger charge is -2.38. The first-order valence-corrected chi connectivity index (χ1v) is 7.16. The van der Waals surface area contributed by atoms with Crippen LogP contribution < -0.4 is 11.1 Å². The van der Waals surface area contributed by atoms with E-state index < -0.39 is 5.41 Å². The number of hydrogen-bond donors (Lipinski definition) is 3. The first-order valence-electron chi connectivity index (χ1n) is 6.28. The fourth-order valence-electron chi connectivity index (χ4n) is 2.41. The van der Waals surface area contributed by atoms with Crippen LogP contribution in [0.2, 0.25) is 0 Å². The molecule has 0 radical (unpaired) electrons. The first kappa shape index (κ1) is 12.9. The Morgan fingerprint density at radius 2 is 2.30 bits per heavy atom. The van der Waals surface area contributed by atoms with Crippen molar-refractivity contribution in [2.75, 3.05) is 5.32 Å². The molecule has 1 saturated carbocycles. The van der Waals surface area contributed by atoms with Crippen molar-refractivity contribution < 1.29 is 10.0 Å². The molecule has 0 saturated heterocycles. The van der Waals surface area contributed by atoms with Crippen LogP contribution in [0.1, 0.15) is 19.3 Å². The summed E-state index contributed by atoms with van der Waals surface area (Å²) in [6.07, 6.45) is 2.12. The highest BCUT2D eigenvalue weighted by Crippen LogP contribution is 2.42. The molecule has 6 nitrogen and oxygen atoms in total. The molecule has 20 heavy (non-hydrogen) atoms. The number of rotatable bonds is 3. The van der Waals surface area contributed by atoms with Gasteiger partial charge in [0.25, 0.3) is 0 Å². The van der Waals surface area contributed by atoms with Gasteiger partial charge in [-0.05, 0) is 31.0 Å². The Balaban J connectivity index is 1.84. The standard InChI is InChI=1S/C13H14N4O2S/c14-11(17-19)13(4-1-5-13)12(18)16-8-2-3-9-10(6-8)20-7-15-9/h2-3,6-7,19H,1,4-5H2,(H2,14,17)(H,16,18). The number of amidine groups is 1. The largest absolute Gasteiger partial charge is 0.409 e. The zero-order valence-corrected chi connectivity index (χ0v) is 11.5. The molecule has 2 aromatic rings. The number of fused-ring (bicyclic) bond motifs is 1. The van der Waals surface area contributed by atoms with E-state index in [1.54, 1.807) is 11.6 Å². The summed E-state index contributed by atoms with van der Waals surface area (Å²) in [6.45, 7) is 0. The maximum Gasteiger partial charge on any atom is 0.238 e. The number of amides is 1. The fraction of sp³-hybridized carbons (Fsp3) is 0.308. The molecule has 1 aromatic carbocycles. The highest BCUT2D eigenvalue weighted by Gasteiger charge is 2.48. The van der Waals surface area contributed by atoms with Gasteiger partial charge in [0.15, 0.2) is 5.84 Å². The predicted molar refractivity (Wildman–Crippen MR) is 77.9 cm³/mol. The van der Waals surface area contributed by atoms with Gasteiger partial charge in [0.2, 0.25) is 5.91 Å². The summed E-state index contributed by atoms with van der Waals surface area (Å²) in [5, 5.41) is 14.7. The minimum Gasteiger partial charge on any atom is -0.409 e. The number of benzene rings is 1. The van der Waals surface area contributed by atoms with Crippen molar-refractivity contribution >= 4 is 39.0 Å². The molecule has 3 rings (SSSR count). The molecule has 0 spiro atoms. The van der Waals surface area contributed by atoms with Gasteiger partial charge in [-0.1, -0.05) is 11.6 Å². The number of thiazole rings is 1. The van der Waals surface area contributed by atoms with Crippen molar-refractivity contribution in [2.24, 2.45) is 16.3 Å². The number of anilines is 1. The Morgan fingerprint density at radius 3 is 2.95 bits per heavy atom. The molecule has 0 unspecified atom stereocenters. The molecular formula is C13H14N4O2S.